The van der Waals surface area contributed by atoms with Crippen LogP contribution in [-0.4, -0.2) is 24.8 Å². The lowest BCUT2D eigenvalue weighted by Crippen LogP contribution is -2.34. The van der Waals surface area contributed by atoms with Crippen molar-refractivity contribution in [3.63, 3.8) is 0 Å². The molecular formula is C14H21NO3. The Morgan fingerprint density at radius 3 is 2.56 bits per heavy atom. The van der Waals surface area contributed by atoms with Gasteiger partial charge in [-0.05, 0) is 39.3 Å². The number of nitrogens with one attached hydrogen (secondary N) is 1. The van der Waals surface area contributed by atoms with Crippen molar-refractivity contribution in [2.75, 3.05) is 13.2 Å². The van der Waals surface area contributed by atoms with Crippen LogP contribution in [0.1, 0.15) is 26.3 Å². The second-order valence-corrected chi connectivity index (χ2v) is 5.04. The number of ether oxygens (including phenoxy) is 2. The van der Waals surface area contributed by atoms with Gasteiger partial charge >= 0.3 is 6.09 Å². The number of alkyl carbamates (subject to hydrolysis) is 1. The van der Waals surface area contributed by atoms with Crippen molar-refractivity contribution in [1.82, 2.24) is 5.32 Å². The Hall–Kier alpha value is -1.71. The summed E-state index contributed by atoms with van der Waals surface area (Å²) in [7, 11) is 0. The van der Waals surface area contributed by atoms with Gasteiger partial charge in [0.2, 0.25) is 0 Å². The van der Waals surface area contributed by atoms with Crippen LogP contribution in [0.25, 0.3) is 0 Å². The number of carbonyl (C=O) groups excluding carboxylic acids is 1. The molecule has 4 heteroatoms. The summed E-state index contributed by atoms with van der Waals surface area (Å²) in [5.74, 6) is 0.837. The smallest absolute Gasteiger partial charge is 0.407 e. The van der Waals surface area contributed by atoms with Crippen LogP contribution < -0.4 is 10.1 Å². The first kappa shape index (κ1) is 14.4. The zero-order valence-electron chi connectivity index (χ0n) is 11.4. The van der Waals surface area contributed by atoms with Gasteiger partial charge in [0, 0.05) is 0 Å². The third-order valence-electron chi connectivity index (χ3n) is 2.12. The van der Waals surface area contributed by atoms with Crippen LogP contribution in [0.2, 0.25) is 0 Å². The van der Waals surface area contributed by atoms with E-state index in [0.29, 0.717) is 13.2 Å². The molecule has 0 aliphatic heterocycles. The Morgan fingerprint density at radius 1 is 1.28 bits per heavy atom. The summed E-state index contributed by atoms with van der Waals surface area (Å²) in [6.07, 6.45) is -0.420. The number of amides is 1. The molecule has 0 saturated heterocycles. The van der Waals surface area contributed by atoms with Gasteiger partial charge < -0.3 is 14.8 Å². The van der Waals surface area contributed by atoms with E-state index in [-0.39, 0.29) is 0 Å². The second kappa shape index (κ2) is 6.28. The van der Waals surface area contributed by atoms with Gasteiger partial charge in [0.15, 0.2) is 0 Å². The monoisotopic (exact) mass is 251 g/mol. The maximum absolute atomic E-state index is 11.3. The fourth-order valence-corrected chi connectivity index (χ4v) is 1.35. The molecule has 0 unspecified atom stereocenters. The molecule has 0 heterocycles. The van der Waals surface area contributed by atoms with Crippen LogP contribution in [0.5, 0.6) is 5.75 Å². The van der Waals surface area contributed by atoms with Gasteiger partial charge in [-0.25, -0.2) is 4.79 Å². The number of rotatable bonds is 4. The fraction of sp³-hybridized carbons (Fsp3) is 0.500. The highest BCUT2D eigenvalue weighted by atomic mass is 16.6. The van der Waals surface area contributed by atoms with E-state index in [1.165, 1.54) is 0 Å². The summed E-state index contributed by atoms with van der Waals surface area (Å²) >= 11 is 0. The van der Waals surface area contributed by atoms with Gasteiger partial charge in [-0.3, -0.25) is 0 Å². The summed E-state index contributed by atoms with van der Waals surface area (Å²) in [4.78, 5) is 11.3. The van der Waals surface area contributed by atoms with Gasteiger partial charge in [-0.2, -0.15) is 0 Å². The summed E-state index contributed by atoms with van der Waals surface area (Å²) < 4.78 is 10.7. The van der Waals surface area contributed by atoms with E-state index in [4.69, 9.17) is 9.47 Å². The Morgan fingerprint density at radius 2 is 1.94 bits per heavy atom. The van der Waals surface area contributed by atoms with Crippen molar-refractivity contribution in [1.29, 1.82) is 0 Å². The highest BCUT2D eigenvalue weighted by molar-refractivity contribution is 5.67. The molecule has 1 rings (SSSR count). The molecule has 18 heavy (non-hydrogen) atoms. The minimum atomic E-state index is -0.471. The molecule has 0 bridgehead atoms. The van der Waals surface area contributed by atoms with Crippen LogP contribution in [-0.2, 0) is 4.74 Å². The van der Waals surface area contributed by atoms with E-state index in [0.717, 1.165) is 11.3 Å². The first-order valence-corrected chi connectivity index (χ1v) is 6.04. The van der Waals surface area contributed by atoms with Crippen molar-refractivity contribution in [2.24, 2.45) is 0 Å². The summed E-state index contributed by atoms with van der Waals surface area (Å²) in [5.41, 5.74) is 0.607. The lowest BCUT2D eigenvalue weighted by atomic mass is 10.2. The van der Waals surface area contributed by atoms with Crippen LogP contribution in [0.3, 0.4) is 0 Å². The number of hydrogen-bond donors (Lipinski definition) is 1. The third kappa shape index (κ3) is 5.57. The standard InChI is InChI=1S/C14H21NO3/c1-11-7-5-6-8-12(11)17-10-9-15-13(16)18-14(2,3)4/h5-8H,9-10H2,1-4H3,(H,15,16). The normalized spacial score (nSPS) is 10.9. The number of aryl methyl sites for hydroxylation is 1. The van der Waals surface area contributed by atoms with Crippen LogP contribution >= 0.6 is 0 Å². The molecule has 1 amide bonds. The molecule has 0 atom stereocenters. The van der Waals surface area contributed by atoms with Crippen molar-refractivity contribution in [2.45, 2.75) is 33.3 Å². The number of benzene rings is 1. The first-order valence-electron chi connectivity index (χ1n) is 6.04. The molecule has 1 aromatic rings. The minimum Gasteiger partial charge on any atom is -0.491 e. The maximum atomic E-state index is 11.3. The average molecular weight is 251 g/mol. The van der Waals surface area contributed by atoms with E-state index >= 15 is 0 Å². The first-order chi connectivity index (χ1) is 8.38. The van der Waals surface area contributed by atoms with Gasteiger partial charge in [0.05, 0.1) is 6.54 Å². The summed E-state index contributed by atoms with van der Waals surface area (Å²) in [5, 5.41) is 2.64. The molecule has 4 nitrogen and oxygen atoms in total. The largest absolute Gasteiger partial charge is 0.491 e. The van der Waals surface area contributed by atoms with E-state index in [2.05, 4.69) is 5.32 Å². The molecule has 0 spiro atoms. The zero-order valence-corrected chi connectivity index (χ0v) is 11.4. The van der Waals surface area contributed by atoms with E-state index in [1.54, 1.807) is 0 Å². The molecule has 1 aromatic carbocycles. The SMILES string of the molecule is Cc1ccccc1OCCNC(=O)OC(C)(C)C. The van der Waals surface area contributed by atoms with Gasteiger partial charge in [0.25, 0.3) is 0 Å². The Labute approximate surface area is 108 Å². The predicted molar refractivity (Wildman–Crippen MR) is 70.9 cm³/mol. The van der Waals surface area contributed by atoms with Gasteiger partial charge in [-0.1, -0.05) is 18.2 Å². The fourth-order valence-electron chi connectivity index (χ4n) is 1.35. The minimum absolute atomic E-state index is 0.420. The second-order valence-electron chi connectivity index (χ2n) is 5.04. The van der Waals surface area contributed by atoms with Crippen molar-refractivity contribution < 1.29 is 14.3 Å². The number of carbonyl (C=O) groups is 1. The molecule has 100 valence electrons. The highest BCUT2D eigenvalue weighted by Gasteiger charge is 2.15. The number of para-hydroxylation sites is 1. The molecule has 0 radical (unpaired) electrons. The van der Waals surface area contributed by atoms with Crippen molar-refractivity contribution in [3.8, 4) is 5.75 Å². The lowest BCUT2D eigenvalue weighted by molar-refractivity contribution is 0.0520. The molecule has 0 fully saturated rings. The topological polar surface area (TPSA) is 47.6 Å². The molecule has 0 aromatic heterocycles. The van der Waals surface area contributed by atoms with Crippen LogP contribution in [0, 0.1) is 6.92 Å². The zero-order chi connectivity index (χ0) is 13.6. The Kier molecular flexibility index (Phi) is 5.01. The lowest BCUT2D eigenvalue weighted by Gasteiger charge is -2.19. The molecule has 0 aliphatic carbocycles. The predicted octanol–water partition coefficient (Wildman–Crippen LogP) is 2.90. The van der Waals surface area contributed by atoms with E-state index < -0.39 is 11.7 Å². The molecule has 0 saturated carbocycles. The quantitative estimate of drug-likeness (QED) is 0.837. The molecule has 1 N–H and O–H groups in total. The summed E-state index contributed by atoms with van der Waals surface area (Å²) in [6, 6.07) is 7.77. The van der Waals surface area contributed by atoms with Crippen LogP contribution in [0.4, 0.5) is 4.79 Å². The van der Waals surface area contributed by atoms with Crippen molar-refractivity contribution >= 4 is 6.09 Å². The van der Waals surface area contributed by atoms with Gasteiger partial charge in [0.1, 0.15) is 18.0 Å². The summed E-state index contributed by atoms with van der Waals surface area (Å²) in [6.45, 7) is 8.31. The van der Waals surface area contributed by atoms with E-state index in [9.17, 15) is 4.79 Å². The van der Waals surface area contributed by atoms with Crippen molar-refractivity contribution in [3.05, 3.63) is 29.8 Å². The molecular weight excluding hydrogens is 230 g/mol. The van der Waals surface area contributed by atoms with E-state index in [1.807, 2.05) is 52.0 Å². The van der Waals surface area contributed by atoms with Gasteiger partial charge in [-0.15, -0.1) is 0 Å². The molecule has 0 aliphatic rings. The maximum Gasteiger partial charge on any atom is 0.407 e. The Balaban J connectivity index is 2.23. The third-order valence-corrected chi connectivity index (χ3v) is 2.12. The number of hydrogen-bond acceptors (Lipinski definition) is 3. The Bertz CT molecular complexity index is 396. The van der Waals surface area contributed by atoms with Crippen LogP contribution in [0.15, 0.2) is 24.3 Å². The average Bonchev–Trinajstić information content (AvgIpc) is 2.24. The highest BCUT2D eigenvalue weighted by Crippen LogP contribution is 2.15.